The van der Waals surface area contributed by atoms with Crippen LogP contribution in [0.4, 0.5) is 0 Å². The second-order valence-electron chi connectivity index (χ2n) is 2.50. The highest BCUT2D eigenvalue weighted by Gasteiger charge is 2.53. The number of hydrogen-bond acceptors (Lipinski definition) is 6. The first kappa shape index (κ1) is 8.41. The van der Waals surface area contributed by atoms with Crippen LogP contribution in [-0.2, 0) is 14.4 Å². The van der Waals surface area contributed by atoms with Gasteiger partial charge >= 0.3 is 5.97 Å². The Morgan fingerprint density at radius 3 is 2.55 bits per heavy atom. The van der Waals surface area contributed by atoms with Crippen LogP contribution in [0.1, 0.15) is 6.92 Å². The Hall–Kier alpha value is -0.690. The Labute approximate surface area is 62.5 Å². The zero-order valence-electron chi connectivity index (χ0n) is 5.85. The fourth-order valence-corrected chi connectivity index (χ4v) is 0.777. The molecule has 0 aromatic carbocycles. The molecule has 0 aromatic heterocycles. The third kappa shape index (κ3) is 1.10. The fourth-order valence-electron chi connectivity index (χ4n) is 0.777. The summed E-state index contributed by atoms with van der Waals surface area (Å²) in [6.07, 6.45) is -2.72. The maximum absolute atomic E-state index is 10.7. The van der Waals surface area contributed by atoms with Crippen LogP contribution in [0, 0.1) is 0 Å². The van der Waals surface area contributed by atoms with E-state index in [4.69, 9.17) is 5.11 Å². The first-order chi connectivity index (χ1) is 5.00. The van der Waals surface area contributed by atoms with Gasteiger partial charge < -0.3 is 14.9 Å². The summed E-state index contributed by atoms with van der Waals surface area (Å²) in [4.78, 5) is 14.8. The molecule has 0 bridgehead atoms. The van der Waals surface area contributed by atoms with Crippen molar-refractivity contribution in [2.24, 2.45) is 5.90 Å². The highest BCUT2D eigenvalue weighted by atomic mass is 16.8. The van der Waals surface area contributed by atoms with E-state index in [2.05, 4.69) is 15.5 Å². The minimum Gasteiger partial charge on any atom is -0.429 e. The quantitative estimate of drug-likeness (QED) is 0.301. The number of ether oxygens (including phenoxy) is 1. The number of rotatable bonds is 1. The molecular weight excluding hydrogens is 154 g/mol. The van der Waals surface area contributed by atoms with E-state index < -0.39 is 24.0 Å². The lowest BCUT2D eigenvalue weighted by Gasteiger charge is -2.16. The van der Waals surface area contributed by atoms with Gasteiger partial charge in [-0.05, 0) is 6.92 Å². The van der Waals surface area contributed by atoms with Crippen molar-refractivity contribution in [3.8, 4) is 0 Å². The van der Waals surface area contributed by atoms with Crippen LogP contribution in [0.3, 0.4) is 0 Å². The first-order valence-electron chi connectivity index (χ1n) is 2.97. The van der Waals surface area contributed by atoms with Crippen molar-refractivity contribution in [1.82, 2.24) is 0 Å². The third-order valence-electron chi connectivity index (χ3n) is 1.60. The largest absolute Gasteiger partial charge is 0.429 e. The van der Waals surface area contributed by atoms with Crippen LogP contribution >= 0.6 is 0 Å². The second-order valence-corrected chi connectivity index (χ2v) is 2.50. The minimum atomic E-state index is -1.93. The number of cyclic esters (lactones) is 1. The van der Waals surface area contributed by atoms with E-state index in [-0.39, 0.29) is 0 Å². The van der Waals surface area contributed by atoms with Crippen molar-refractivity contribution in [1.29, 1.82) is 0 Å². The molecule has 6 nitrogen and oxygen atoms in total. The number of aliphatic hydroxyl groups excluding tert-OH is 1. The van der Waals surface area contributed by atoms with Crippen molar-refractivity contribution in [3.05, 3.63) is 0 Å². The predicted molar refractivity (Wildman–Crippen MR) is 31.8 cm³/mol. The molecule has 1 fully saturated rings. The number of hydrogen-bond donors (Lipinski definition) is 3. The monoisotopic (exact) mass is 163 g/mol. The molecular formula is C5H9NO5. The van der Waals surface area contributed by atoms with E-state index in [0.29, 0.717) is 0 Å². The molecule has 11 heavy (non-hydrogen) atoms. The van der Waals surface area contributed by atoms with E-state index in [9.17, 15) is 9.90 Å². The van der Waals surface area contributed by atoms with E-state index in [1.807, 2.05) is 0 Å². The fraction of sp³-hybridized carbons (Fsp3) is 0.800. The molecule has 3 unspecified atom stereocenters. The normalized spacial score (nSPS) is 44.2. The van der Waals surface area contributed by atoms with Crippen molar-refractivity contribution in [2.75, 3.05) is 0 Å². The molecule has 0 saturated carbocycles. The Morgan fingerprint density at radius 1 is 1.82 bits per heavy atom. The molecule has 0 spiro atoms. The molecule has 1 aliphatic heterocycles. The summed E-state index contributed by atoms with van der Waals surface area (Å²) in [6.45, 7) is 1.12. The van der Waals surface area contributed by atoms with Crippen molar-refractivity contribution in [2.45, 2.75) is 24.9 Å². The summed E-state index contributed by atoms with van der Waals surface area (Å²) >= 11 is 0. The number of aliphatic hydroxyl groups is 2. The number of esters is 1. The SMILES string of the molecule is CC1(O)C(=O)OC(ON)C1O. The summed E-state index contributed by atoms with van der Waals surface area (Å²) in [5, 5.41) is 18.3. The molecule has 0 amide bonds. The van der Waals surface area contributed by atoms with Crippen molar-refractivity contribution < 1.29 is 24.6 Å². The summed E-state index contributed by atoms with van der Waals surface area (Å²) in [6, 6.07) is 0. The Bertz CT molecular complexity index is 180. The van der Waals surface area contributed by atoms with Crippen LogP contribution in [0.25, 0.3) is 0 Å². The zero-order valence-corrected chi connectivity index (χ0v) is 5.85. The molecule has 3 atom stereocenters. The van der Waals surface area contributed by atoms with Crippen LogP contribution in [0.15, 0.2) is 0 Å². The van der Waals surface area contributed by atoms with Gasteiger partial charge in [-0.15, -0.1) is 0 Å². The molecule has 4 N–H and O–H groups in total. The van der Waals surface area contributed by atoms with Gasteiger partial charge in [0.15, 0.2) is 11.7 Å². The van der Waals surface area contributed by atoms with Crippen LogP contribution < -0.4 is 5.90 Å². The van der Waals surface area contributed by atoms with Gasteiger partial charge in [0.05, 0.1) is 0 Å². The molecule has 0 aromatic rings. The van der Waals surface area contributed by atoms with Gasteiger partial charge in [0.25, 0.3) is 0 Å². The molecule has 1 saturated heterocycles. The lowest BCUT2D eigenvalue weighted by Crippen LogP contribution is -2.44. The summed E-state index contributed by atoms with van der Waals surface area (Å²) in [7, 11) is 0. The summed E-state index contributed by atoms with van der Waals surface area (Å²) < 4.78 is 4.35. The van der Waals surface area contributed by atoms with Crippen LogP contribution in [-0.4, -0.2) is 34.2 Å². The molecule has 1 heterocycles. The van der Waals surface area contributed by atoms with Crippen LogP contribution in [0.2, 0.25) is 0 Å². The Balaban J connectivity index is 2.80. The van der Waals surface area contributed by atoms with E-state index in [1.165, 1.54) is 0 Å². The first-order valence-corrected chi connectivity index (χ1v) is 2.97. The number of carbonyl (C=O) groups excluding carboxylic acids is 1. The molecule has 1 aliphatic rings. The standard InChI is InChI=1S/C5H9NO5/c1-5(9)2(7)3(11-6)10-4(5)8/h2-3,7,9H,6H2,1H3. The van der Waals surface area contributed by atoms with Gasteiger partial charge in [-0.1, -0.05) is 0 Å². The maximum atomic E-state index is 10.7. The van der Waals surface area contributed by atoms with Gasteiger partial charge in [-0.2, -0.15) is 0 Å². The molecule has 64 valence electrons. The highest BCUT2D eigenvalue weighted by molar-refractivity contribution is 5.81. The smallest absolute Gasteiger partial charge is 0.343 e. The Kier molecular flexibility index (Phi) is 1.85. The van der Waals surface area contributed by atoms with Gasteiger partial charge in [-0.25, -0.2) is 10.7 Å². The molecule has 6 heteroatoms. The number of carbonyl (C=O) groups is 1. The highest BCUT2D eigenvalue weighted by Crippen LogP contribution is 2.25. The molecule has 0 aliphatic carbocycles. The average Bonchev–Trinajstić information content (AvgIpc) is 2.14. The lowest BCUT2D eigenvalue weighted by molar-refractivity contribution is -0.174. The predicted octanol–water partition coefficient (Wildman–Crippen LogP) is -2.13. The van der Waals surface area contributed by atoms with Gasteiger partial charge in [0, 0.05) is 0 Å². The maximum Gasteiger partial charge on any atom is 0.343 e. The van der Waals surface area contributed by atoms with E-state index in [0.717, 1.165) is 6.92 Å². The number of nitrogens with two attached hydrogens (primary N) is 1. The van der Waals surface area contributed by atoms with E-state index in [1.54, 1.807) is 0 Å². The topological polar surface area (TPSA) is 102 Å². The molecule has 1 rings (SSSR count). The van der Waals surface area contributed by atoms with Crippen molar-refractivity contribution in [3.63, 3.8) is 0 Å². The van der Waals surface area contributed by atoms with Crippen molar-refractivity contribution >= 4 is 5.97 Å². The van der Waals surface area contributed by atoms with Gasteiger partial charge in [0.2, 0.25) is 6.29 Å². The van der Waals surface area contributed by atoms with E-state index >= 15 is 0 Å². The molecule has 0 radical (unpaired) electrons. The van der Waals surface area contributed by atoms with Crippen LogP contribution in [0.5, 0.6) is 0 Å². The minimum absolute atomic E-state index is 0.944. The third-order valence-corrected chi connectivity index (χ3v) is 1.60. The Morgan fingerprint density at radius 2 is 2.36 bits per heavy atom. The van der Waals surface area contributed by atoms with Gasteiger partial charge in [-0.3, -0.25) is 4.84 Å². The lowest BCUT2D eigenvalue weighted by atomic mass is 10.0. The van der Waals surface area contributed by atoms with Gasteiger partial charge in [0.1, 0.15) is 0 Å². The second kappa shape index (κ2) is 2.42. The average molecular weight is 163 g/mol. The summed E-state index contributed by atoms with van der Waals surface area (Å²) in [5.74, 6) is 3.72. The summed E-state index contributed by atoms with van der Waals surface area (Å²) in [5.41, 5.74) is -1.93. The zero-order chi connectivity index (χ0) is 8.65.